The molecule has 0 aliphatic carbocycles. The molecule has 12 nitrogen and oxygen atoms in total. The standard InChI is InChI=1S/C24H30N6O6S/c1-3-10-34-22-27-23(35-11-4-2)29-24(28-22)36-15-19-14-30(9-12-33-19)21(32)17-37-16-20(31)26-13-18-5-7-25-8-6-18/h3-8,19H,1-2,9-17H2,(H,26,31). The molecular weight excluding hydrogens is 500 g/mol. The number of carbonyl (C=O) groups is 2. The fraction of sp³-hybridized carbons (Fsp3) is 0.417. The van der Waals surface area contributed by atoms with E-state index in [1.807, 2.05) is 12.1 Å². The van der Waals surface area contributed by atoms with Crippen LogP contribution in [0.15, 0.2) is 49.8 Å². The summed E-state index contributed by atoms with van der Waals surface area (Å²) >= 11 is 1.27. The van der Waals surface area contributed by atoms with Gasteiger partial charge in [0.15, 0.2) is 0 Å². The molecule has 0 bridgehead atoms. The van der Waals surface area contributed by atoms with Crippen LogP contribution in [0.2, 0.25) is 0 Å². The van der Waals surface area contributed by atoms with Gasteiger partial charge in [0.2, 0.25) is 11.8 Å². The zero-order chi connectivity index (χ0) is 26.3. The first-order chi connectivity index (χ1) is 18.1. The highest BCUT2D eigenvalue weighted by Crippen LogP contribution is 2.16. The number of hydrogen-bond donors (Lipinski definition) is 1. The van der Waals surface area contributed by atoms with E-state index in [4.69, 9.17) is 18.9 Å². The fourth-order valence-corrected chi connectivity index (χ4v) is 3.82. The van der Waals surface area contributed by atoms with E-state index >= 15 is 0 Å². The molecule has 1 aliphatic rings. The molecule has 2 aromatic rings. The van der Waals surface area contributed by atoms with Crippen molar-refractivity contribution in [2.45, 2.75) is 12.6 Å². The lowest BCUT2D eigenvalue weighted by atomic mass is 10.3. The minimum atomic E-state index is -0.377. The molecule has 3 rings (SSSR count). The Morgan fingerprint density at radius 3 is 2.35 bits per heavy atom. The van der Waals surface area contributed by atoms with Crippen molar-refractivity contribution in [3.63, 3.8) is 0 Å². The SMILES string of the molecule is C=CCOc1nc(OCC=C)nc(OCC2CN(C(=O)CSCC(=O)NCc3ccncc3)CCO2)n1. The van der Waals surface area contributed by atoms with Crippen molar-refractivity contribution >= 4 is 23.6 Å². The van der Waals surface area contributed by atoms with Gasteiger partial charge in [0, 0.05) is 25.5 Å². The molecule has 1 fully saturated rings. The first kappa shape index (κ1) is 27.9. The summed E-state index contributed by atoms with van der Waals surface area (Å²) in [6.45, 7) is 9.31. The molecular formula is C24H30N6O6S. The number of thioether (sulfide) groups is 1. The van der Waals surface area contributed by atoms with E-state index in [0.717, 1.165) is 5.56 Å². The quantitative estimate of drug-likeness (QED) is 0.331. The first-order valence-corrected chi connectivity index (χ1v) is 12.7. The van der Waals surface area contributed by atoms with Crippen LogP contribution < -0.4 is 19.5 Å². The Hall–Kier alpha value is -3.71. The van der Waals surface area contributed by atoms with Crippen LogP contribution in [-0.2, 0) is 20.9 Å². The average molecular weight is 531 g/mol. The van der Waals surface area contributed by atoms with Gasteiger partial charge < -0.3 is 29.2 Å². The highest BCUT2D eigenvalue weighted by molar-refractivity contribution is 8.00. The van der Waals surface area contributed by atoms with Crippen LogP contribution in [0.5, 0.6) is 18.0 Å². The zero-order valence-electron chi connectivity index (χ0n) is 20.4. The number of nitrogens with zero attached hydrogens (tertiary/aromatic N) is 5. The molecule has 1 atom stereocenters. The molecule has 1 saturated heterocycles. The zero-order valence-corrected chi connectivity index (χ0v) is 21.2. The Morgan fingerprint density at radius 2 is 1.70 bits per heavy atom. The Balaban J connectivity index is 1.42. The third kappa shape index (κ3) is 10.1. The molecule has 1 unspecified atom stereocenters. The van der Waals surface area contributed by atoms with Gasteiger partial charge in [-0.15, -0.1) is 26.7 Å². The van der Waals surface area contributed by atoms with Gasteiger partial charge in [-0.3, -0.25) is 14.6 Å². The van der Waals surface area contributed by atoms with Crippen LogP contribution in [0.3, 0.4) is 0 Å². The van der Waals surface area contributed by atoms with E-state index < -0.39 is 0 Å². The number of morpholine rings is 1. The minimum absolute atomic E-state index is 0.00788. The molecule has 13 heteroatoms. The molecule has 0 aromatic carbocycles. The van der Waals surface area contributed by atoms with Crippen molar-refractivity contribution in [2.24, 2.45) is 0 Å². The van der Waals surface area contributed by atoms with Crippen molar-refractivity contribution in [3.05, 3.63) is 55.4 Å². The van der Waals surface area contributed by atoms with Gasteiger partial charge in [0.25, 0.3) is 0 Å². The Kier molecular flexibility index (Phi) is 11.6. The molecule has 198 valence electrons. The van der Waals surface area contributed by atoms with E-state index in [2.05, 4.69) is 38.4 Å². The summed E-state index contributed by atoms with van der Waals surface area (Å²) in [4.78, 5) is 42.6. The molecule has 1 aliphatic heterocycles. The van der Waals surface area contributed by atoms with E-state index in [0.29, 0.717) is 26.2 Å². The predicted molar refractivity (Wildman–Crippen MR) is 136 cm³/mol. The van der Waals surface area contributed by atoms with E-state index in [1.54, 1.807) is 29.4 Å². The van der Waals surface area contributed by atoms with Crippen LogP contribution in [-0.4, -0.2) is 93.8 Å². The van der Waals surface area contributed by atoms with Crippen LogP contribution in [0.1, 0.15) is 5.56 Å². The van der Waals surface area contributed by atoms with Gasteiger partial charge in [-0.25, -0.2) is 0 Å². The molecule has 2 aromatic heterocycles. The molecule has 0 saturated carbocycles. The number of ether oxygens (including phenoxy) is 4. The topological polar surface area (TPSA) is 138 Å². The molecule has 1 N–H and O–H groups in total. The monoisotopic (exact) mass is 530 g/mol. The van der Waals surface area contributed by atoms with Crippen molar-refractivity contribution in [3.8, 4) is 18.0 Å². The number of rotatable bonds is 15. The van der Waals surface area contributed by atoms with Crippen molar-refractivity contribution in [2.75, 3.05) is 51.0 Å². The fourth-order valence-electron chi connectivity index (χ4n) is 3.07. The van der Waals surface area contributed by atoms with E-state index in [1.165, 1.54) is 11.8 Å². The lowest BCUT2D eigenvalue weighted by Crippen LogP contribution is -2.48. The number of hydrogen-bond acceptors (Lipinski definition) is 11. The van der Waals surface area contributed by atoms with Crippen LogP contribution in [0.25, 0.3) is 0 Å². The van der Waals surface area contributed by atoms with Crippen molar-refractivity contribution in [1.82, 2.24) is 30.2 Å². The summed E-state index contributed by atoms with van der Waals surface area (Å²) in [7, 11) is 0. The molecule has 3 heterocycles. The van der Waals surface area contributed by atoms with E-state index in [9.17, 15) is 9.59 Å². The third-order valence-electron chi connectivity index (χ3n) is 4.82. The Labute approximate surface area is 219 Å². The maximum atomic E-state index is 12.7. The summed E-state index contributed by atoms with van der Waals surface area (Å²) in [6.07, 6.45) is 6.09. The van der Waals surface area contributed by atoms with Crippen LogP contribution in [0, 0.1) is 0 Å². The molecule has 0 spiro atoms. The maximum absolute atomic E-state index is 12.7. The largest absolute Gasteiger partial charge is 0.460 e. The first-order valence-electron chi connectivity index (χ1n) is 11.6. The number of amides is 2. The number of nitrogens with one attached hydrogen (secondary N) is 1. The predicted octanol–water partition coefficient (Wildman–Crippen LogP) is 1.05. The number of carbonyl (C=O) groups excluding carboxylic acids is 2. The summed E-state index contributed by atoms with van der Waals surface area (Å²) < 4.78 is 22.2. The normalized spacial score (nSPS) is 14.9. The Bertz CT molecular complexity index is 1010. The molecule has 37 heavy (non-hydrogen) atoms. The summed E-state index contributed by atoms with van der Waals surface area (Å²) in [5, 5.41) is 2.83. The van der Waals surface area contributed by atoms with Gasteiger partial charge in [-0.1, -0.05) is 25.3 Å². The summed E-state index contributed by atoms with van der Waals surface area (Å²) in [5.74, 6) is 0.186. The van der Waals surface area contributed by atoms with Gasteiger partial charge in [0.1, 0.15) is 25.9 Å². The van der Waals surface area contributed by atoms with E-state index in [-0.39, 0.29) is 67.3 Å². The molecule has 0 radical (unpaired) electrons. The van der Waals surface area contributed by atoms with Gasteiger partial charge in [-0.2, -0.15) is 0 Å². The minimum Gasteiger partial charge on any atom is -0.460 e. The average Bonchev–Trinajstić information content (AvgIpc) is 2.93. The summed E-state index contributed by atoms with van der Waals surface area (Å²) in [5.41, 5.74) is 0.962. The number of aromatic nitrogens is 4. The second kappa shape index (κ2) is 15.4. The van der Waals surface area contributed by atoms with Crippen molar-refractivity contribution < 1.29 is 28.5 Å². The van der Waals surface area contributed by atoms with Crippen LogP contribution in [0.4, 0.5) is 0 Å². The smallest absolute Gasteiger partial charge is 0.326 e. The second-order valence-corrected chi connectivity index (χ2v) is 8.64. The Morgan fingerprint density at radius 1 is 1.05 bits per heavy atom. The van der Waals surface area contributed by atoms with Gasteiger partial charge in [-0.05, 0) is 17.7 Å². The lowest BCUT2D eigenvalue weighted by Gasteiger charge is -2.32. The highest BCUT2D eigenvalue weighted by Gasteiger charge is 2.25. The summed E-state index contributed by atoms with van der Waals surface area (Å²) in [6, 6.07) is 3.75. The highest BCUT2D eigenvalue weighted by atomic mass is 32.2. The second-order valence-electron chi connectivity index (χ2n) is 7.65. The van der Waals surface area contributed by atoms with Crippen molar-refractivity contribution in [1.29, 1.82) is 0 Å². The van der Waals surface area contributed by atoms with Crippen LogP contribution >= 0.6 is 11.8 Å². The lowest BCUT2D eigenvalue weighted by molar-refractivity contribution is -0.137. The maximum Gasteiger partial charge on any atom is 0.326 e. The number of pyridine rings is 1. The van der Waals surface area contributed by atoms with Gasteiger partial charge in [0.05, 0.1) is 24.7 Å². The molecule has 2 amide bonds. The third-order valence-corrected chi connectivity index (χ3v) is 5.74. The van der Waals surface area contributed by atoms with Gasteiger partial charge >= 0.3 is 18.0 Å².